The number of esters is 1. The van der Waals surface area contributed by atoms with Crippen LogP contribution in [0.5, 0.6) is 0 Å². The minimum atomic E-state index is -1.05. The Balaban J connectivity index is 1.90. The zero-order valence-electron chi connectivity index (χ0n) is 15.4. The van der Waals surface area contributed by atoms with Gasteiger partial charge in [-0.25, -0.2) is 13.6 Å². The second-order valence-electron chi connectivity index (χ2n) is 6.16. The predicted molar refractivity (Wildman–Crippen MR) is 101 cm³/mol. The summed E-state index contributed by atoms with van der Waals surface area (Å²) in [6.07, 6.45) is 0.0422. The Bertz CT molecular complexity index is 918. The molecule has 0 radical (unpaired) electrons. The van der Waals surface area contributed by atoms with Crippen molar-refractivity contribution in [1.29, 1.82) is 0 Å². The average Bonchev–Trinajstić information content (AvgIpc) is 3.15. The number of nitrogens with zero attached hydrogens (tertiary/aromatic N) is 3. The molecule has 3 rings (SSSR count). The predicted octanol–water partition coefficient (Wildman–Crippen LogP) is 3.13. The average molecular weight is 387 g/mol. The van der Waals surface area contributed by atoms with Gasteiger partial charge in [0.2, 0.25) is 0 Å². The van der Waals surface area contributed by atoms with E-state index in [-0.39, 0.29) is 24.4 Å². The number of hydrogen-bond donors (Lipinski definition) is 0. The highest BCUT2D eigenvalue weighted by atomic mass is 19.2. The first kappa shape index (κ1) is 19.5. The van der Waals surface area contributed by atoms with Crippen LogP contribution in [0, 0.1) is 11.6 Å². The van der Waals surface area contributed by atoms with Gasteiger partial charge in [0.15, 0.2) is 11.6 Å². The fourth-order valence-corrected chi connectivity index (χ4v) is 2.90. The summed E-state index contributed by atoms with van der Waals surface area (Å²) in [5, 5.41) is 5.73. The third-order valence-electron chi connectivity index (χ3n) is 4.35. The zero-order chi connectivity index (χ0) is 20.3. The number of benzene rings is 2. The van der Waals surface area contributed by atoms with E-state index < -0.39 is 29.6 Å². The maximum absolute atomic E-state index is 13.6. The first-order chi connectivity index (χ1) is 13.4. The van der Waals surface area contributed by atoms with Crippen LogP contribution in [0.4, 0.5) is 20.2 Å². The molecule has 146 valence electrons. The molecule has 2 aromatic carbocycles. The highest BCUT2D eigenvalue weighted by molar-refractivity contribution is 6.38. The molecule has 0 N–H and O–H groups in total. The van der Waals surface area contributed by atoms with Crippen LogP contribution in [0.15, 0.2) is 53.6 Å². The van der Waals surface area contributed by atoms with Crippen LogP contribution in [0.2, 0.25) is 0 Å². The van der Waals surface area contributed by atoms with E-state index in [1.165, 1.54) is 23.0 Å². The number of anilines is 2. The lowest BCUT2D eigenvalue weighted by atomic mass is 10.1. The van der Waals surface area contributed by atoms with Crippen LogP contribution in [0.1, 0.15) is 13.3 Å². The van der Waals surface area contributed by atoms with Gasteiger partial charge in [0.25, 0.3) is 5.91 Å². The van der Waals surface area contributed by atoms with E-state index in [1.54, 1.807) is 31.2 Å². The summed E-state index contributed by atoms with van der Waals surface area (Å²) >= 11 is 0. The van der Waals surface area contributed by atoms with Crippen LogP contribution in [0.3, 0.4) is 0 Å². The molecule has 1 atom stereocenters. The molecule has 0 saturated carbocycles. The molecule has 1 unspecified atom stereocenters. The molecule has 1 aliphatic rings. The Morgan fingerprint density at radius 3 is 2.54 bits per heavy atom. The van der Waals surface area contributed by atoms with Gasteiger partial charge in [-0.2, -0.15) is 5.10 Å². The first-order valence-electron chi connectivity index (χ1n) is 8.74. The Morgan fingerprint density at radius 2 is 1.89 bits per heavy atom. The van der Waals surface area contributed by atoms with E-state index in [4.69, 9.17) is 4.74 Å². The SMILES string of the molecule is CCOC(=O)C1=NN(c2ccccc2)C(C(=O)N(C)c2ccc(F)c(F)c2)C1. The number of hydrogen-bond acceptors (Lipinski definition) is 5. The third-order valence-corrected chi connectivity index (χ3v) is 4.35. The summed E-state index contributed by atoms with van der Waals surface area (Å²) in [7, 11) is 1.46. The topological polar surface area (TPSA) is 62.2 Å². The Labute approximate surface area is 161 Å². The number of carbonyl (C=O) groups excluding carboxylic acids is 2. The summed E-state index contributed by atoms with van der Waals surface area (Å²) in [5.74, 6) is -3.05. The fourth-order valence-electron chi connectivity index (χ4n) is 2.90. The van der Waals surface area contributed by atoms with E-state index in [1.807, 2.05) is 6.07 Å². The molecular formula is C20H19F2N3O3. The van der Waals surface area contributed by atoms with Crippen molar-refractivity contribution in [3.8, 4) is 0 Å². The van der Waals surface area contributed by atoms with E-state index in [0.29, 0.717) is 5.69 Å². The Hall–Kier alpha value is -3.29. The van der Waals surface area contributed by atoms with Gasteiger partial charge in [-0.15, -0.1) is 0 Å². The van der Waals surface area contributed by atoms with Crippen molar-refractivity contribution >= 4 is 29.0 Å². The van der Waals surface area contributed by atoms with E-state index >= 15 is 0 Å². The van der Waals surface area contributed by atoms with Crippen molar-refractivity contribution in [2.45, 2.75) is 19.4 Å². The van der Waals surface area contributed by atoms with E-state index in [9.17, 15) is 18.4 Å². The van der Waals surface area contributed by atoms with Gasteiger partial charge in [-0.3, -0.25) is 9.80 Å². The van der Waals surface area contributed by atoms with Crippen molar-refractivity contribution in [3.05, 3.63) is 60.2 Å². The van der Waals surface area contributed by atoms with Crippen molar-refractivity contribution in [2.75, 3.05) is 23.6 Å². The number of ether oxygens (including phenoxy) is 1. The molecule has 1 amide bonds. The van der Waals surface area contributed by atoms with Crippen LogP contribution < -0.4 is 9.91 Å². The lowest BCUT2D eigenvalue weighted by Crippen LogP contribution is -2.44. The van der Waals surface area contributed by atoms with E-state index in [0.717, 1.165) is 12.1 Å². The molecule has 0 bridgehead atoms. The number of likely N-dealkylation sites (N-methyl/N-ethyl adjacent to an activating group) is 1. The zero-order valence-corrected chi connectivity index (χ0v) is 15.4. The molecule has 0 fully saturated rings. The molecule has 0 saturated heterocycles. The number of rotatable bonds is 5. The van der Waals surface area contributed by atoms with Gasteiger partial charge in [-0.05, 0) is 31.2 Å². The van der Waals surface area contributed by atoms with Gasteiger partial charge < -0.3 is 9.64 Å². The largest absolute Gasteiger partial charge is 0.461 e. The van der Waals surface area contributed by atoms with Gasteiger partial charge in [0, 0.05) is 25.2 Å². The Kier molecular flexibility index (Phi) is 5.67. The molecule has 0 spiro atoms. The second-order valence-corrected chi connectivity index (χ2v) is 6.16. The van der Waals surface area contributed by atoms with Gasteiger partial charge in [0.1, 0.15) is 11.8 Å². The number of amides is 1. The quantitative estimate of drug-likeness (QED) is 0.740. The number of para-hydroxylation sites is 1. The van der Waals surface area contributed by atoms with Crippen LogP contribution >= 0.6 is 0 Å². The smallest absolute Gasteiger partial charge is 0.354 e. The van der Waals surface area contributed by atoms with Crippen molar-refractivity contribution in [2.24, 2.45) is 5.10 Å². The lowest BCUT2D eigenvalue weighted by Gasteiger charge is -2.27. The van der Waals surface area contributed by atoms with Crippen molar-refractivity contribution in [3.63, 3.8) is 0 Å². The number of hydrazone groups is 1. The van der Waals surface area contributed by atoms with Gasteiger partial charge in [0.05, 0.1) is 12.3 Å². The summed E-state index contributed by atoms with van der Waals surface area (Å²) in [4.78, 5) is 26.4. The lowest BCUT2D eigenvalue weighted by molar-refractivity contribution is -0.135. The van der Waals surface area contributed by atoms with Crippen molar-refractivity contribution < 1.29 is 23.1 Å². The maximum atomic E-state index is 13.6. The minimum absolute atomic E-state index is 0.0422. The van der Waals surface area contributed by atoms with E-state index in [2.05, 4.69) is 5.10 Å². The number of carbonyl (C=O) groups is 2. The molecule has 6 nitrogen and oxygen atoms in total. The van der Waals surface area contributed by atoms with Crippen LogP contribution in [0.25, 0.3) is 0 Å². The molecule has 1 heterocycles. The summed E-state index contributed by atoms with van der Waals surface area (Å²) in [6.45, 7) is 1.87. The summed E-state index contributed by atoms with van der Waals surface area (Å²) in [6, 6.07) is 11.3. The van der Waals surface area contributed by atoms with Crippen molar-refractivity contribution in [1.82, 2.24) is 0 Å². The summed E-state index contributed by atoms with van der Waals surface area (Å²) in [5.41, 5.74) is 0.947. The molecular weight excluding hydrogens is 368 g/mol. The Morgan fingerprint density at radius 1 is 1.18 bits per heavy atom. The standard InChI is InChI=1S/C20H19F2N3O3/c1-3-28-20(27)17-12-18(25(23-17)13-7-5-4-6-8-13)19(26)24(2)14-9-10-15(21)16(22)11-14/h4-11,18H,3,12H2,1-2H3. The fraction of sp³-hybridized carbons (Fsp3) is 0.250. The monoisotopic (exact) mass is 387 g/mol. The molecule has 1 aliphatic heterocycles. The van der Waals surface area contributed by atoms with Gasteiger partial charge in [-0.1, -0.05) is 18.2 Å². The second kappa shape index (κ2) is 8.16. The third kappa shape index (κ3) is 3.85. The maximum Gasteiger partial charge on any atom is 0.354 e. The molecule has 0 aromatic heterocycles. The van der Waals surface area contributed by atoms with Crippen LogP contribution in [-0.4, -0.2) is 37.3 Å². The number of halogens is 2. The van der Waals surface area contributed by atoms with Crippen LogP contribution in [-0.2, 0) is 14.3 Å². The molecule has 2 aromatic rings. The first-order valence-corrected chi connectivity index (χ1v) is 8.74. The highest BCUT2D eigenvalue weighted by Crippen LogP contribution is 2.27. The normalized spacial score (nSPS) is 15.9. The molecule has 0 aliphatic carbocycles. The minimum Gasteiger partial charge on any atom is -0.461 e. The molecule has 8 heteroatoms. The molecule has 28 heavy (non-hydrogen) atoms. The highest BCUT2D eigenvalue weighted by Gasteiger charge is 2.38. The van der Waals surface area contributed by atoms with Gasteiger partial charge >= 0.3 is 5.97 Å². The summed E-state index contributed by atoms with van der Waals surface area (Å²) < 4.78 is 31.8.